The molecule has 4 atom stereocenters. The Morgan fingerprint density at radius 2 is 0.959 bits per heavy atom. The minimum Gasteiger partial charge on any atom is -0.314 e. The Bertz CT molecular complexity index is 2610. The molecule has 1 aliphatic carbocycles. The van der Waals surface area contributed by atoms with Gasteiger partial charge in [0.15, 0.2) is 0 Å². The maximum atomic E-state index is 15.8. The maximum Gasteiger partial charge on any atom is 0.260 e. The van der Waals surface area contributed by atoms with Gasteiger partial charge in [0.2, 0.25) is 5.91 Å². The number of nitrogens with zero attached hydrogens (tertiary/aromatic N) is 2. The SMILES string of the molecule is CCCCCCCCC(CCCCCC)CN1C(=O)C(c2ccc(C(C)(C)C)s2)C2(C)C=Cc3c4c(ccc3=C12)=C(c1ccc(-c2ccc(C(C)(C)C)s2)s1)C(=O)N4CC(CCCCCC)CCCCCCCC. The van der Waals surface area contributed by atoms with Crippen LogP contribution in [-0.4, -0.2) is 29.8 Å². The third-order valence-corrected chi connectivity index (χ3v) is 21.2. The average molecular weight is 1060 g/mol. The summed E-state index contributed by atoms with van der Waals surface area (Å²) in [6.45, 7) is 26.8. The van der Waals surface area contributed by atoms with Crippen LogP contribution in [0.5, 0.6) is 0 Å². The second-order valence-electron chi connectivity index (χ2n) is 25.1. The number of benzene rings is 1. The van der Waals surface area contributed by atoms with E-state index in [0.717, 1.165) is 70.2 Å². The van der Waals surface area contributed by atoms with Gasteiger partial charge in [0.25, 0.3) is 5.91 Å². The van der Waals surface area contributed by atoms with Crippen molar-refractivity contribution in [1.29, 1.82) is 0 Å². The first-order valence-corrected chi connectivity index (χ1v) is 32.6. The minimum absolute atomic E-state index is 0.00353. The van der Waals surface area contributed by atoms with Gasteiger partial charge in [-0.15, -0.1) is 34.0 Å². The highest BCUT2D eigenvalue weighted by Crippen LogP contribution is 2.56. The van der Waals surface area contributed by atoms with Crippen molar-refractivity contribution in [1.82, 2.24) is 4.90 Å². The number of hydrogen-bond acceptors (Lipinski definition) is 5. The molecule has 1 aromatic carbocycles. The fourth-order valence-corrected chi connectivity index (χ4v) is 15.9. The molecule has 4 aromatic rings. The molecule has 3 aliphatic rings. The second-order valence-corrected chi connectivity index (χ2v) is 28.4. The van der Waals surface area contributed by atoms with E-state index in [1.807, 2.05) is 22.7 Å². The number of likely N-dealkylation sites (tertiary alicyclic amines) is 1. The van der Waals surface area contributed by atoms with Gasteiger partial charge in [-0.3, -0.25) is 9.59 Å². The largest absolute Gasteiger partial charge is 0.314 e. The predicted molar refractivity (Wildman–Crippen MR) is 325 cm³/mol. The highest BCUT2D eigenvalue weighted by Gasteiger charge is 2.55. The first kappa shape index (κ1) is 58.4. The van der Waals surface area contributed by atoms with Crippen molar-refractivity contribution < 1.29 is 9.59 Å². The standard InChI is InChI=1S/C67H98N2O2S3/c1-12-16-20-24-26-30-34-48(32-28-22-18-14-3)46-68-61-50-44-45-67(11)60(56-41-43-58(74-56)66(8,9)10)64(71)69(47-49(33-29-23-19-15-4)35-31-27-25-21-17-13-2)62(67)51(50)36-37-52(61)59(63(68)70)55-39-38-53(72-55)54-40-42-57(73-54)65(5,6)7/h36-45,48-49,60H,12-35,46-47H2,1-11H3. The molecule has 4 nitrogen and oxygen atoms in total. The zero-order valence-corrected chi connectivity index (χ0v) is 50.8. The number of anilines is 1. The molecule has 0 spiro atoms. The van der Waals surface area contributed by atoms with Crippen molar-refractivity contribution in [2.75, 3.05) is 18.0 Å². The normalized spacial score (nSPS) is 18.5. The fraction of sp³-hybridized carbons (Fsp3) is 0.642. The predicted octanol–water partition coefficient (Wildman–Crippen LogP) is 19.1. The molecule has 7 heteroatoms. The van der Waals surface area contributed by atoms with Crippen LogP contribution >= 0.6 is 34.0 Å². The quantitative estimate of drug-likeness (QED) is 0.0471. The van der Waals surface area contributed by atoms with Gasteiger partial charge >= 0.3 is 0 Å². The summed E-state index contributed by atoms with van der Waals surface area (Å²) >= 11 is 5.49. The third kappa shape index (κ3) is 13.9. The van der Waals surface area contributed by atoms with E-state index in [0.29, 0.717) is 11.8 Å². The highest BCUT2D eigenvalue weighted by atomic mass is 32.1. The van der Waals surface area contributed by atoms with Gasteiger partial charge in [-0.2, -0.15) is 0 Å². The first-order valence-electron chi connectivity index (χ1n) is 30.1. The number of rotatable bonds is 31. The van der Waals surface area contributed by atoms with Crippen LogP contribution in [0.15, 0.2) is 54.6 Å². The van der Waals surface area contributed by atoms with Crippen LogP contribution in [0, 0.1) is 17.3 Å². The lowest BCUT2D eigenvalue weighted by molar-refractivity contribution is -0.128. The lowest BCUT2D eigenvalue weighted by Crippen LogP contribution is -2.38. The summed E-state index contributed by atoms with van der Waals surface area (Å²) in [5, 5.41) is 2.20. The lowest BCUT2D eigenvalue weighted by Gasteiger charge is -2.34. The highest BCUT2D eigenvalue weighted by molar-refractivity contribution is 7.23. The molecule has 2 aliphatic heterocycles. The van der Waals surface area contributed by atoms with Crippen LogP contribution < -0.4 is 15.3 Å². The molecule has 2 amide bonds. The molecule has 4 unspecified atom stereocenters. The Balaban J connectivity index is 1.38. The van der Waals surface area contributed by atoms with Crippen molar-refractivity contribution in [3.05, 3.63) is 90.1 Å². The molecule has 3 aromatic heterocycles. The molecule has 74 heavy (non-hydrogen) atoms. The van der Waals surface area contributed by atoms with Crippen molar-refractivity contribution in [2.45, 2.75) is 247 Å². The monoisotopic (exact) mass is 1060 g/mol. The topological polar surface area (TPSA) is 40.6 Å². The number of fused-ring (bicyclic) bond motifs is 4. The molecule has 1 saturated heterocycles. The van der Waals surface area contributed by atoms with Crippen LogP contribution in [0.2, 0.25) is 0 Å². The Labute approximate surface area is 462 Å². The van der Waals surface area contributed by atoms with Crippen LogP contribution in [0.4, 0.5) is 5.69 Å². The zero-order valence-electron chi connectivity index (χ0n) is 48.3. The number of thiophene rings is 3. The van der Waals surface area contributed by atoms with Crippen molar-refractivity contribution in [3.8, 4) is 9.75 Å². The average Bonchev–Trinajstić information content (AvgIpc) is 4.22. The summed E-state index contributed by atoms with van der Waals surface area (Å²) in [6, 6.07) is 18.2. The minimum atomic E-state index is -0.528. The molecule has 0 N–H and O–H groups in total. The van der Waals surface area contributed by atoms with Crippen LogP contribution in [0.3, 0.4) is 0 Å². The summed E-state index contributed by atoms with van der Waals surface area (Å²) in [6.07, 6.45) is 34.7. The van der Waals surface area contributed by atoms with E-state index in [4.69, 9.17) is 0 Å². The van der Waals surface area contributed by atoms with E-state index in [-0.39, 0.29) is 28.6 Å². The Morgan fingerprint density at radius 3 is 1.49 bits per heavy atom. The molecule has 7 rings (SSSR count). The fourth-order valence-electron chi connectivity index (χ4n) is 12.4. The molecule has 0 bridgehead atoms. The second kappa shape index (κ2) is 26.9. The Kier molecular flexibility index (Phi) is 21.2. The zero-order chi connectivity index (χ0) is 53.0. The molecular formula is C67H98N2O2S3. The summed E-state index contributed by atoms with van der Waals surface area (Å²) in [5.74, 6) is 0.977. The van der Waals surface area contributed by atoms with Crippen molar-refractivity contribution in [2.24, 2.45) is 17.3 Å². The van der Waals surface area contributed by atoms with Crippen LogP contribution in [0.1, 0.15) is 261 Å². The van der Waals surface area contributed by atoms with Gasteiger partial charge < -0.3 is 9.80 Å². The molecule has 406 valence electrons. The first-order chi connectivity index (χ1) is 35.5. The molecule has 1 fully saturated rings. The molecule has 0 radical (unpaired) electrons. The van der Waals surface area contributed by atoms with E-state index in [1.54, 1.807) is 11.3 Å². The van der Waals surface area contributed by atoms with Gasteiger partial charge in [0.05, 0.1) is 17.2 Å². The van der Waals surface area contributed by atoms with E-state index in [2.05, 4.69) is 147 Å². The van der Waals surface area contributed by atoms with Gasteiger partial charge in [-0.1, -0.05) is 222 Å². The number of unbranched alkanes of at least 4 members (excludes halogenated alkanes) is 16. The number of hydrogen-bond donors (Lipinski definition) is 0. The van der Waals surface area contributed by atoms with E-state index in [1.165, 1.54) is 159 Å². The molecule has 5 heterocycles. The van der Waals surface area contributed by atoms with E-state index < -0.39 is 5.41 Å². The Morgan fingerprint density at radius 1 is 0.514 bits per heavy atom. The smallest absolute Gasteiger partial charge is 0.260 e. The number of amides is 2. The third-order valence-electron chi connectivity index (χ3n) is 16.8. The summed E-state index contributed by atoms with van der Waals surface area (Å²) in [4.78, 5) is 43.4. The molecule has 0 saturated carbocycles. The maximum absolute atomic E-state index is 15.8. The lowest BCUT2D eigenvalue weighted by atomic mass is 9.73. The van der Waals surface area contributed by atoms with Crippen LogP contribution in [0.25, 0.3) is 27.1 Å². The van der Waals surface area contributed by atoms with E-state index >= 15 is 9.59 Å². The Hall–Kier alpha value is -3.26. The summed E-state index contributed by atoms with van der Waals surface area (Å²) in [7, 11) is 0. The van der Waals surface area contributed by atoms with Crippen molar-refractivity contribution >= 4 is 68.9 Å². The van der Waals surface area contributed by atoms with Crippen LogP contribution in [-0.2, 0) is 20.4 Å². The number of carbonyl (C=O) groups is 2. The van der Waals surface area contributed by atoms with Gasteiger partial charge in [0.1, 0.15) is 0 Å². The van der Waals surface area contributed by atoms with E-state index in [9.17, 15) is 0 Å². The summed E-state index contributed by atoms with van der Waals surface area (Å²) < 4.78 is 0. The summed E-state index contributed by atoms with van der Waals surface area (Å²) in [5.41, 5.74) is 3.77. The van der Waals surface area contributed by atoms with Gasteiger partial charge in [-0.05, 0) is 91.7 Å². The number of carbonyl (C=O) groups excluding carboxylic acids is 2. The van der Waals surface area contributed by atoms with Gasteiger partial charge in [0, 0.05) is 69.5 Å². The van der Waals surface area contributed by atoms with Crippen molar-refractivity contribution in [3.63, 3.8) is 0 Å². The van der Waals surface area contributed by atoms with Gasteiger partial charge in [-0.25, -0.2) is 0 Å². The molecular weight excluding hydrogens is 961 g/mol.